The summed E-state index contributed by atoms with van der Waals surface area (Å²) in [5.41, 5.74) is 0.233. The molecule has 0 bridgehead atoms. The fourth-order valence-corrected chi connectivity index (χ4v) is 6.85. The summed E-state index contributed by atoms with van der Waals surface area (Å²) in [4.78, 5) is 15.3. The zero-order valence-corrected chi connectivity index (χ0v) is 25.4. The average Bonchev–Trinajstić information content (AvgIpc) is 2.99. The Bertz CT molecular complexity index is 1610. The van der Waals surface area contributed by atoms with Crippen LogP contribution in [-0.2, 0) is 20.0 Å². The van der Waals surface area contributed by atoms with Crippen LogP contribution >= 0.6 is 0 Å². The van der Waals surface area contributed by atoms with Crippen LogP contribution in [-0.4, -0.2) is 83.1 Å². The first-order valence-electron chi connectivity index (χ1n) is 13.3. The maximum atomic E-state index is 13.7. The maximum Gasteiger partial charge on any atom is 0.261 e. The number of fused-ring (bicyclic) bond motifs is 1. The Morgan fingerprint density at radius 3 is 2.33 bits per heavy atom. The molecule has 1 aliphatic heterocycles. The minimum Gasteiger partial charge on any atom is -0.497 e. The molecule has 0 saturated heterocycles. The number of likely N-dealkylation sites (N-methyl/N-ethyl adjacent to an activating group) is 1. The van der Waals surface area contributed by atoms with Crippen molar-refractivity contribution in [2.45, 2.75) is 35.8 Å². The number of carbonyl (C=O) groups excluding carboxylic acids is 1. The predicted molar refractivity (Wildman–Crippen MR) is 158 cm³/mol. The summed E-state index contributed by atoms with van der Waals surface area (Å²) in [6.45, 7) is 3.37. The van der Waals surface area contributed by atoms with Gasteiger partial charge in [0, 0.05) is 25.2 Å². The molecule has 1 aliphatic rings. The minimum atomic E-state index is -3.93. The lowest BCUT2D eigenvalue weighted by atomic mass is 9.99. The second-order valence-corrected chi connectivity index (χ2v) is 13.9. The number of hydrogen-bond acceptors (Lipinski definition) is 8. The third kappa shape index (κ3) is 6.70. The van der Waals surface area contributed by atoms with Gasteiger partial charge in [-0.3, -0.25) is 9.52 Å². The van der Waals surface area contributed by atoms with Crippen LogP contribution in [0.5, 0.6) is 11.5 Å². The van der Waals surface area contributed by atoms with E-state index in [4.69, 9.17) is 9.47 Å². The summed E-state index contributed by atoms with van der Waals surface area (Å²) >= 11 is 0. The number of sulfonamides is 2. The molecule has 42 heavy (non-hydrogen) atoms. The van der Waals surface area contributed by atoms with E-state index in [0.717, 1.165) is 0 Å². The van der Waals surface area contributed by atoms with Crippen LogP contribution in [0.25, 0.3) is 0 Å². The molecule has 4 rings (SSSR count). The van der Waals surface area contributed by atoms with Gasteiger partial charge in [-0.1, -0.05) is 25.1 Å². The van der Waals surface area contributed by atoms with Crippen molar-refractivity contribution in [3.63, 3.8) is 0 Å². The van der Waals surface area contributed by atoms with E-state index in [1.807, 2.05) is 6.92 Å². The molecular weight excluding hydrogens is 582 g/mol. The van der Waals surface area contributed by atoms with Gasteiger partial charge in [-0.15, -0.1) is 0 Å². The van der Waals surface area contributed by atoms with E-state index in [1.165, 1.54) is 65.8 Å². The number of nitrogens with one attached hydrogen (secondary N) is 1. The van der Waals surface area contributed by atoms with Crippen LogP contribution in [0.1, 0.15) is 24.2 Å². The van der Waals surface area contributed by atoms with Crippen molar-refractivity contribution >= 4 is 31.6 Å². The van der Waals surface area contributed by atoms with Crippen molar-refractivity contribution in [3.05, 3.63) is 78.4 Å². The highest BCUT2D eigenvalue weighted by atomic mass is 32.2. The number of aliphatic hydroxyl groups is 1. The van der Waals surface area contributed by atoms with E-state index in [1.54, 1.807) is 37.3 Å². The first kappa shape index (κ1) is 31.3. The van der Waals surface area contributed by atoms with Crippen molar-refractivity contribution in [2.24, 2.45) is 5.92 Å². The summed E-state index contributed by atoms with van der Waals surface area (Å²) in [6, 6.07) is 17.7. The smallest absolute Gasteiger partial charge is 0.261 e. The molecular formula is C29H35N3O8S2. The Hall–Kier alpha value is -3.65. The fraction of sp³-hybridized carbons (Fsp3) is 0.345. The molecule has 2 N–H and O–H groups in total. The summed E-state index contributed by atoms with van der Waals surface area (Å²) in [7, 11) is -4.86. The third-order valence-corrected chi connectivity index (χ3v) is 10.4. The molecule has 226 valence electrons. The number of nitrogens with zero attached hydrogens (tertiary/aromatic N) is 2. The fourth-order valence-electron chi connectivity index (χ4n) is 4.60. The number of amides is 1. The molecule has 0 radical (unpaired) electrons. The van der Waals surface area contributed by atoms with Crippen molar-refractivity contribution in [1.29, 1.82) is 0 Å². The maximum absolute atomic E-state index is 13.7. The minimum absolute atomic E-state index is 0.0348. The number of benzene rings is 3. The quantitative estimate of drug-likeness (QED) is 0.354. The highest BCUT2D eigenvalue weighted by Crippen LogP contribution is 2.32. The number of methoxy groups -OCH3 is 1. The summed E-state index contributed by atoms with van der Waals surface area (Å²) in [5, 5.41) is 9.90. The van der Waals surface area contributed by atoms with Crippen LogP contribution in [0.15, 0.2) is 82.6 Å². The number of rotatable bonds is 10. The van der Waals surface area contributed by atoms with E-state index >= 15 is 0 Å². The van der Waals surface area contributed by atoms with Gasteiger partial charge >= 0.3 is 0 Å². The van der Waals surface area contributed by atoms with E-state index in [9.17, 15) is 26.7 Å². The van der Waals surface area contributed by atoms with Crippen LogP contribution in [0.3, 0.4) is 0 Å². The van der Waals surface area contributed by atoms with E-state index in [0.29, 0.717) is 5.75 Å². The Morgan fingerprint density at radius 1 is 1.05 bits per heavy atom. The highest BCUT2D eigenvalue weighted by molar-refractivity contribution is 7.92. The SMILES string of the molecule is COc1ccc(S(=O)(=O)N(C)C[C@@H]2Oc3ccc(NS(=O)(=O)c4ccccc4)cc3C(=O)N([C@@H](C)CO)C[C@H]2C)cc1. The summed E-state index contributed by atoms with van der Waals surface area (Å²) in [5.74, 6) is -0.0827. The molecule has 1 heterocycles. The average molecular weight is 618 g/mol. The summed E-state index contributed by atoms with van der Waals surface area (Å²) < 4.78 is 67.6. The Balaban J connectivity index is 1.67. The number of anilines is 1. The second-order valence-electron chi connectivity index (χ2n) is 10.2. The van der Waals surface area contributed by atoms with Crippen molar-refractivity contribution < 1.29 is 36.2 Å². The molecule has 3 aromatic rings. The van der Waals surface area contributed by atoms with Crippen LogP contribution < -0.4 is 14.2 Å². The number of carbonyl (C=O) groups is 1. The molecule has 0 aromatic heterocycles. The van der Waals surface area contributed by atoms with Gasteiger partial charge in [0.05, 0.1) is 41.7 Å². The molecule has 11 nitrogen and oxygen atoms in total. The molecule has 0 saturated carbocycles. The predicted octanol–water partition coefficient (Wildman–Crippen LogP) is 3.04. The Kier molecular flexibility index (Phi) is 9.46. The van der Waals surface area contributed by atoms with Crippen molar-refractivity contribution in [2.75, 3.05) is 38.6 Å². The normalized spacial score (nSPS) is 18.4. The molecule has 3 aromatic carbocycles. The second kappa shape index (κ2) is 12.7. The van der Waals surface area contributed by atoms with Gasteiger partial charge in [0.25, 0.3) is 15.9 Å². The number of ether oxygens (including phenoxy) is 2. The van der Waals surface area contributed by atoms with Gasteiger partial charge in [0.15, 0.2) is 0 Å². The number of hydrogen-bond donors (Lipinski definition) is 2. The van der Waals surface area contributed by atoms with Gasteiger partial charge in [-0.2, -0.15) is 4.31 Å². The Labute approximate surface area is 246 Å². The molecule has 1 amide bonds. The monoisotopic (exact) mass is 617 g/mol. The van der Waals surface area contributed by atoms with E-state index in [-0.39, 0.29) is 52.4 Å². The first-order valence-corrected chi connectivity index (χ1v) is 16.2. The molecule has 0 fully saturated rings. The van der Waals surface area contributed by atoms with E-state index < -0.39 is 38.1 Å². The topological polar surface area (TPSA) is 143 Å². The van der Waals surface area contributed by atoms with E-state index in [2.05, 4.69) is 4.72 Å². The van der Waals surface area contributed by atoms with Crippen LogP contribution in [0, 0.1) is 5.92 Å². The molecule has 0 aliphatic carbocycles. The zero-order chi connectivity index (χ0) is 30.7. The third-order valence-electron chi connectivity index (χ3n) is 7.18. The first-order chi connectivity index (χ1) is 19.9. The van der Waals surface area contributed by atoms with Crippen LogP contribution in [0.4, 0.5) is 5.69 Å². The number of aliphatic hydroxyl groups excluding tert-OH is 1. The lowest BCUT2D eigenvalue weighted by Gasteiger charge is -2.38. The van der Waals surface area contributed by atoms with Gasteiger partial charge < -0.3 is 19.5 Å². The highest BCUT2D eigenvalue weighted by Gasteiger charge is 2.35. The lowest BCUT2D eigenvalue weighted by molar-refractivity contribution is 0.0387. The van der Waals surface area contributed by atoms with Gasteiger partial charge in [0.2, 0.25) is 10.0 Å². The lowest BCUT2D eigenvalue weighted by Crippen LogP contribution is -2.50. The zero-order valence-electron chi connectivity index (χ0n) is 23.8. The molecule has 0 unspecified atom stereocenters. The Morgan fingerprint density at radius 2 is 1.71 bits per heavy atom. The summed E-state index contributed by atoms with van der Waals surface area (Å²) in [6.07, 6.45) is -0.685. The van der Waals surface area contributed by atoms with Crippen LogP contribution in [0.2, 0.25) is 0 Å². The molecule has 3 atom stereocenters. The standard InChI is InChI=1S/C29H35N3O8S2/c1-20-17-32(21(2)19-33)29(34)26-16-22(30-41(35,36)24-8-6-5-7-9-24)10-15-27(26)40-28(20)18-31(3)42(37,38)25-13-11-23(39-4)12-14-25/h5-16,20-21,28,30,33H,17-19H2,1-4H3/t20-,21+,28+/m1/s1. The van der Waals surface area contributed by atoms with Crippen molar-refractivity contribution in [1.82, 2.24) is 9.21 Å². The molecule has 0 spiro atoms. The van der Waals surface area contributed by atoms with Gasteiger partial charge in [-0.25, -0.2) is 16.8 Å². The largest absolute Gasteiger partial charge is 0.497 e. The van der Waals surface area contributed by atoms with Gasteiger partial charge in [0.1, 0.15) is 17.6 Å². The van der Waals surface area contributed by atoms with Crippen molar-refractivity contribution in [3.8, 4) is 11.5 Å². The van der Waals surface area contributed by atoms with Gasteiger partial charge in [-0.05, 0) is 61.5 Å². The molecule has 13 heteroatoms.